The SMILES string of the molecule is O=C1NC(=O)N(c2ccc3c(c2)OCO3)C(=O)/C1=C\c1ccc(OCc2cccc([N+](=O)[O-])c2)cc1. The minimum absolute atomic E-state index is 0.0261. The molecule has 1 N–H and O–H groups in total. The predicted octanol–water partition coefficient (Wildman–Crippen LogP) is 3.57. The number of urea groups is 1. The molecule has 1 saturated heterocycles. The molecule has 36 heavy (non-hydrogen) atoms. The van der Waals surface area contributed by atoms with Crippen LogP contribution in [0.25, 0.3) is 6.08 Å². The zero-order valence-electron chi connectivity index (χ0n) is 18.5. The highest BCUT2D eigenvalue weighted by Crippen LogP contribution is 2.36. The molecule has 0 unspecified atom stereocenters. The van der Waals surface area contributed by atoms with Crippen molar-refractivity contribution in [1.82, 2.24) is 5.32 Å². The minimum Gasteiger partial charge on any atom is -0.489 e. The molecule has 4 amide bonds. The highest BCUT2D eigenvalue weighted by molar-refractivity contribution is 6.39. The maximum atomic E-state index is 13.1. The third-order valence-corrected chi connectivity index (χ3v) is 5.43. The molecule has 3 aromatic carbocycles. The van der Waals surface area contributed by atoms with Gasteiger partial charge in [0.1, 0.15) is 17.9 Å². The van der Waals surface area contributed by atoms with Crippen LogP contribution in [0.2, 0.25) is 0 Å². The number of amides is 4. The van der Waals surface area contributed by atoms with E-state index >= 15 is 0 Å². The number of fused-ring (bicyclic) bond motifs is 1. The topological polar surface area (TPSA) is 137 Å². The maximum Gasteiger partial charge on any atom is 0.335 e. The van der Waals surface area contributed by atoms with Crippen LogP contribution >= 0.6 is 0 Å². The van der Waals surface area contributed by atoms with E-state index in [0.717, 1.165) is 4.90 Å². The number of ether oxygens (including phenoxy) is 3. The lowest BCUT2D eigenvalue weighted by Crippen LogP contribution is -2.54. The zero-order chi connectivity index (χ0) is 25.2. The van der Waals surface area contributed by atoms with E-state index in [0.29, 0.717) is 28.4 Å². The van der Waals surface area contributed by atoms with E-state index in [1.807, 2.05) is 0 Å². The molecule has 11 nitrogen and oxygen atoms in total. The summed E-state index contributed by atoms with van der Waals surface area (Å²) in [5, 5.41) is 13.1. The van der Waals surface area contributed by atoms with Crippen LogP contribution in [0, 0.1) is 10.1 Å². The first-order chi connectivity index (χ1) is 17.4. The number of nitro benzene ring substituents is 1. The fraction of sp³-hybridized carbons (Fsp3) is 0.0800. The molecule has 0 aromatic heterocycles. The number of benzene rings is 3. The van der Waals surface area contributed by atoms with E-state index in [1.165, 1.54) is 30.3 Å². The molecular formula is C25H17N3O8. The van der Waals surface area contributed by atoms with Crippen molar-refractivity contribution in [2.24, 2.45) is 0 Å². The summed E-state index contributed by atoms with van der Waals surface area (Å²) in [7, 11) is 0. The fourth-order valence-corrected chi connectivity index (χ4v) is 3.67. The average molecular weight is 487 g/mol. The van der Waals surface area contributed by atoms with Crippen molar-refractivity contribution >= 4 is 35.3 Å². The Hall–Kier alpha value is -5.19. The summed E-state index contributed by atoms with van der Waals surface area (Å²) >= 11 is 0. The minimum atomic E-state index is -0.870. The van der Waals surface area contributed by atoms with Crippen molar-refractivity contribution in [2.45, 2.75) is 6.61 Å². The van der Waals surface area contributed by atoms with Gasteiger partial charge in [0.05, 0.1) is 10.6 Å². The van der Waals surface area contributed by atoms with Crippen LogP contribution in [0.5, 0.6) is 17.2 Å². The van der Waals surface area contributed by atoms with Crippen LogP contribution in [0.15, 0.2) is 72.3 Å². The molecule has 0 spiro atoms. The van der Waals surface area contributed by atoms with E-state index in [2.05, 4.69) is 5.32 Å². The van der Waals surface area contributed by atoms with E-state index in [-0.39, 0.29) is 30.3 Å². The fourth-order valence-electron chi connectivity index (χ4n) is 3.67. The van der Waals surface area contributed by atoms with Gasteiger partial charge in [0, 0.05) is 18.2 Å². The van der Waals surface area contributed by atoms with E-state index < -0.39 is 22.8 Å². The Morgan fingerprint density at radius 1 is 1.00 bits per heavy atom. The van der Waals surface area contributed by atoms with Crippen molar-refractivity contribution in [3.8, 4) is 17.2 Å². The highest BCUT2D eigenvalue weighted by Gasteiger charge is 2.37. The van der Waals surface area contributed by atoms with Gasteiger partial charge in [0.25, 0.3) is 17.5 Å². The summed E-state index contributed by atoms with van der Waals surface area (Å²) in [6.45, 7) is 0.156. The average Bonchev–Trinajstić information content (AvgIpc) is 3.34. The van der Waals surface area contributed by atoms with Crippen LogP contribution < -0.4 is 24.4 Å². The summed E-state index contributed by atoms with van der Waals surface area (Å²) in [5.74, 6) is -0.235. The second kappa shape index (κ2) is 9.22. The molecule has 0 atom stereocenters. The standard InChI is InChI=1S/C25H17N3O8/c29-23-20(24(30)27(25(31)26-23)17-6-9-21-22(12-17)36-14-35-21)11-15-4-7-19(8-5-15)34-13-16-2-1-3-18(10-16)28(32)33/h1-12H,13-14H2,(H,26,29,31)/b20-11-. The molecular weight excluding hydrogens is 470 g/mol. The van der Waals surface area contributed by atoms with Crippen molar-refractivity contribution in [1.29, 1.82) is 0 Å². The first kappa shape index (κ1) is 22.6. The lowest BCUT2D eigenvalue weighted by atomic mass is 10.1. The number of hydrogen-bond donors (Lipinski definition) is 1. The Morgan fingerprint density at radius 3 is 2.56 bits per heavy atom. The van der Waals surface area contributed by atoms with Gasteiger partial charge < -0.3 is 14.2 Å². The molecule has 1 fully saturated rings. The largest absolute Gasteiger partial charge is 0.489 e. The summed E-state index contributed by atoms with van der Waals surface area (Å²) in [4.78, 5) is 49.2. The van der Waals surface area contributed by atoms with Crippen molar-refractivity contribution in [3.05, 3.63) is 93.5 Å². The van der Waals surface area contributed by atoms with Gasteiger partial charge in [0.15, 0.2) is 11.5 Å². The van der Waals surface area contributed by atoms with Crippen LogP contribution in [-0.2, 0) is 16.2 Å². The Morgan fingerprint density at radius 2 is 1.78 bits per heavy atom. The van der Waals surface area contributed by atoms with Gasteiger partial charge in [-0.05, 0) is 41.5 Å². The molecule has 3 aromatic rings. The van der Waals surface area contributed by atoms with Crippen molar-refractivity contribution < 1.29 is 33.5 Å². The van der Waals surface area contributed by atoms with Crippen LogP contribution in [0.1, 0.15) is 11.1 Å². The monoisotopic (exact) mass is 487 g/mol. The number of carbonyl (C=O) groups excluding carboxylic acids is 3. The molecule has 0 bridgehead atoms. The lowest BCUT2D eigenvalue weighted by Gasteiger charge is -2.26. The summed E-state index contributed by atoms with van der Waals surface area (Å²) in [6, 6.07) is 16.4. The number of nitrogens with zero attached hydrogens (tertiary/aromatic N) is 2. The molecule has 180 valence electrons. The molecule has 2 aliphatic heterocycles. The normalized spacial score (nSPS) is 15.7. The number of anilines is 1. The molecule has 0 radical (unpaired) electrons. The van der Waals surface area contributed by atoms with E-state index in [9.17, 15) is 24.5 Å². The maximum absolute atomic E-state index is 13.1. The van der Waals surface area contributed by atoms with Crippen molar-refractivity contribution in [3.63, 3.8) is 0 Å². The van der Waals surface area contributed by atoms with Gasteiger partial charge in [0.2, 0.25) is 6.79 Å². The first-order valence-corrected chi connectivity index (χ1v) is 10.7. The number of rotatable bonds is 6. The van der Waals surface area contributed by atoms with Crippen LogP contribution in [-0.4, -0.2) is 29.6 Å². The van der Waals surface area contributed by atoms with Gasteiger partial charge in [-0.1, -0.05) is 24.3 Å². The number of barbiturate groups is 1. The lowest BCUT2D eigenvalue weighted by molar-refractivity contribution is -0.384. The molecule has 2 heterocycles. The summed E-state index contributed by atoms with van der Waals surface area (Å²) < 4.78 is 16.2. The highest BCUT2D eigenvalue weighted by atomic mass is 16.7. The number of non-ortho nitro benzene ring substituents is 1. The Labute approximate surface area is 203 Å². The molecule has 5 rings (SSSR count). The Kier molecular flexibility index (Phi) is 5.79. The third-order valence-electron chi connectivity index (χ3n) is 5.43. The number of hydrogen-bond acceptors (Lipinski definition) is 8. The van der Waals surface area contributed by atoms with Gasteiger partial charge in [-0.25, -0.2) is 9.69 Å². The number of carbonyl (C=O) groups is 3. The first-order valence-electron chi connectivity index (χ1n) is 10.7. The predicted molar refractivity (Wildman–Crippen MR) is 125 cm³/mol. The molecule has 11 heteroatoms. The van der Waals surface area contributed by atoms with Crippen LogP contribution in [0.3, 0.4) is 0 Å². The van der Waals surface area contributed by atoms with Gasteiger partial charge in [-0.3, -0.25) is 25.0 Å². The van der Waals surface area contributed by atoms with Gasteiger partial charge >= 0.3 is 6.03 Å². The van der Waals surface area contributed by atoms with Crippen LogP contribution in [0.4, 0.5) is 16.2 Å². The number of nitro groups is 1. The summed E-state index contributed by atoms with van der Waals surface area (Å²) in [5.41, 5.74) is 1.13. The zero-order valence-corrected chi connectivity index (χ0v) is 18.5. The quantitative estimate of drug-likeness (QED) is 0.241. The molecule has 0 aliphatic carbocycles. The Balaban J connectivity index is 1.32. The van der Waals surface area contributed by atoms with E-state index in [1.54, 1.807) is 42.5 Å². The number of nitrogens with one attached hydrogen (secondary N) is 1. The third kappa shape index (κ3) is 4.44. The summed E-state index contributed by atoms with van der Waals surface area (Å²) in [6.07, 6.45) is 1.37. The second-order valence-electron chi connectivity index (χ2n) is 7.78. The van der Waals surface area contributed by atoms with Gasteiger partial charge in [-0.15, -0.1) is 0 Å². The smallest absolute Gasteiger partial charge is 0.335 e. The number of imide groups is 2. The molecule has 2 aliphatic rings. The molecule has 0 saturated carbocycles. The second-order valence-corrected chi connectivity index (χ2v) is 7.78. The van der Waals surface area contributed by atoms with Gasteiger partial charge in [-0.2, -0.15) is 0 Å². The van der Waals surface area contributed by atoms with Crippen molar-refractivity contribution in [2.75, 3.05) is 11.7 Å². The Bertz CT molecular complexity index is 1430. The van der Waals surface area contributed by atoms with E-state index in [4.69, 9.17) is 14.2 Å².